The van der Waals surface area contributed by atoms with E-state index in [1.165, 1.54) is 0 Å². The molecule has 0 spiro atoms. The second-order valence-electron chi connectivity index (χ2n) is 7.17. The lowest BCUT2D eigenvalue weighted by Crippen LogP contribution is -2.46. The van der Waals surface area contributed by atoms with Gasteiger partial charge in [-0.15, -0.1) is 0 Å². The van der Waals surface area contributed by atoms with E-state index in [9.17, 15) is 9.59 Å². The van der Waals surface area contributed by atoms with Crippen molar-refractivity contribution >= 4 is 11.8 Å². The zero-order chi connectivity index (χ0) is 19.0. The normalized spacial score (nSPS) is 18.1. The van der Waals surface area contributed by atoms with Gasteiger partial charge >= 0.3 is 6.03 Å². The molecule has 2 aliphatic rings. The Kier molecular flexibility index (Phi) is 4.55. The molecule has 27 heavy (non-hydrogen) atoms. The van der Waals surface area contributed by atoms with Crippen molar-refractivity contribution in [1.82, 2.24) is 25.2 Å². The summed E-state index contributed by atoms with van der Waals surface area (Å²) in [6.07, 6.45) is 3.65. The Morgan fingerprint density at radius 2 is 1.89 bits per heavy atom. The van der Waals surface area contributed by atoms with E-state index < -0.39 is 0 Å². The molecule has 8 heteroatoms. The van der Waals surface area contributed by atoms with Gasteiger partial charge in [-0.25, -0.2) is 14.8 Å². The summed E-state index contributed by atoms with van der Waals surface area (Å²) >= 11 is 0. The zero-order valence-corrected chi connectivity index (χ0v) is 15.7. The number of pyridine rings is 1. The summed E-state index contributed by atoms with van der Waals surface area (Å²) in [5, 5.41) is 2.87. The number of nitrogens with one attached hydrogen (secondary N) is 2. The van der Waals surface area contributed by atoms with Crippen molar-refractivity contribution in [3.8, 4) is 11.4 Å². The molecule has 2 fully saturated rings. The number of H-pyrrole nitrogens is 1. The molecule has 2 aliphatic heterocycles. The van der Waals surface area contributed by atoms with Gasteiger partial charge in [-0.05, 0) is 38.8 Å². The first-order valence-electron chi connectivity index (χ1n) is 9.36. The molecule has 0 aromatic carbocycles. The number of aromatic nitrogens is 3. The van der Waals surface area contributed by atoms with Gasteiger partial charge in [0.05, 0.1) is 0 Å². The number of nitrogens with zero attached hydrogens (tertiary/aromatic N) is 4. The molecule has 0 atom stereocenters. The maximum atomic E-state index is 12.0. The van der Waals surface area contributed by atoms with Crippen molar-refractivity contribution in [2.45, 2.75) is 32.7 Å². The fraction of sp³-hybridized carbons (Fsp3) is 0.474. The van der Waals surface area contributed by atoms with Crippen LogP contribution in [0.2, 0.25) is 0 Å². The van der Waals surface area contributed by atoms with Crippen molar-refractivity contribution in [2.75, 3.05) is 31.1 Å². The SMILES string of the molecule is Cc1nc(-c2ccc(N3CCC(N4CCNC4=O)CC3)nc2)[nH]c(=O)c1C. The standard InChI is InChI=1S/C19H24N6O2/c1-12-13(2)22-17(23-18(12)26)14-3-4-16(21-11-14)24-8-5-15(6-9-24)25-10-7-20-19(25)27/h3-4,11,15H,5-10H2,1-2H3,(H,20,27)(H,22,23,26). The minimum Gasteiger partial charge on any atom is -0.356 e. The molecule has 2 N–H and O–H groups in total. The van der Waals surface area contributed by atoms with E-state index >= 15 is 0 Å². The number of aryl methyl sites for hydroxylation is 1. The molecule has 4 rings (SSSR count). The molecule has 2 saturated heterocycles. The van der Waals surface area contributed by atoms with Crippen LogP contribution in [0.1, 0.15) is 24.1 Å². The van der Waals surface area contributed by atoms with Gasteiger partial charge in [-0.1, -0.05) is 0 Å². The maximum absolute atomic E-state index is 12.0. The van der Waals surface area contributed by atoms with E-state index in [0.717, 1.165) is 56.1 Å². The molecular formula is C19H24N6O2. The summed E-state index contributed by atoms with van der Waals surface area (Å²) in [6, 6.07) is 4.28. The summed E-state index contributed by atoms with van der Waals surface area (Å²) in [5.74, 6) is 1.45. The van der Waals surface area contributed by atoms with Crippen molar-refractivity contribution in [3.05, 3.63) is 39.9 Å². The lowest BCUT2D eigenvalue weighted by molar-refractivity contribution is 0.186. The molecule has 0 saturated carbocycles. The summed E-state index contributed by atoms with van der Waals surface area (Å²) in [7, 11) is 0. The number of hydrogen-bond donors (Lipinski definition) is 2. The maximum Gasteiger partial charge on any atom is 0.317 e. The highest BCUT2D eigenvalue weighted by Crippen LogP contribution is 2.23. The monoisotopic (exact) mass is 368 g/mol. The molecule has 0 radical (unpaired) electrons. The predicted molar refractivity (Wildman–Crippen MR) is 103 cm³/mol. The Hall–Kier alpha value is -2.90. The molecule has 8 nitrogen and oxygen atoms in total. The predicted octanol–water partition coefficient (Wildman–Crippen LogP) is 1.44. The van der Waals surface area contributed by atoms with Crippen LogP contribution in [0.5, 0.6) is 0 Å². The van der Waals surface area contributed by atoms with Gasteiger partial charge in [0.25, 0.3) is 5.56 Å². The minimum atomic E-state index is -0.116. The zero-order valence-electron chi connectivity index (χ0n) is 15.7. The lowest BCUT2D eigenvalue weighted by atomic mass is 10.0. The van der Waals surface area contributed by atoms with E-state index in [2.05, 4.69) is 25.2 Å². The highest BCUT2D eigenvalue weighted by Gasteiger charge is 2.30. The fourth-order valence-electron chi connectivity index (χ4n) is 3.74. The van der Waals surface area contributed by atoms with Crippen LogP contribution in [0.25, 0.3) is 11.4 Å². The van der Waals surface area contributed by atoms with Crippen LogP contribution in [0, 0.1) is 13.8 Å². The number of piperidine rings is 1. The van der Waals surface area contributed by atoms with Crippen LogP contribution in [0.3, 0.4) is 0 Å². The average Bonchev–Trinajstić information content (AvgIpc) is 3.12. The van der Waals surface area contributed by atoms with Crippen molar-refractivity contribution in [2.24, 2.45) is 0 Å². The average molecular weight is 368 g/mol. The molecule has 4 heterocycles. The molecule has 0 bridgehead atoms. The van der Waals surface area contributed by atoms with Gasteiger partial charge in [0.1, 0.15) is 11.6 Å². The molecule has 2 aromatic heterocycles. The van der Waals surface area contributed by atoms with Crippen molar-refractivity contribution in [1.29, 1.82) is 0 Å². The number of rotatable bonds is 3. The van der Waals surface area contributed by atoms with E-state index in [-0.39, 0.29) is 11.6 Å². The number of urea groups is 1. The highest BCUT2D eigenvalue weighted by atomic mass is 16.2. The molecule has 2 amide bonds. The number of anilines is 1. The molecule has 2 aromatic rings. The second-order valence-corrected chi connectivity index (χ2v) is 7.17. The third-order valence-corrected chi connectivity index (χ3v) is 5.54. The third kappa shape index (κ3) is 3.39. The van der Waals surface area contributed by atoms with Gasteiger partial charge in [-0.2, -0.15) is 0 Å². The minimum absolute atomic E-state index is 0.0609. The van der Waals surface area contributed by atoms with Crippen LogP contribution < -0.4 is 15.8 Å². The van der Waals surface area contributed by atoms with Crippen LogP contribution in [-0.2, 0) is 0 Å². The first kappa shape index (κ1) is 17.5. The van der Waals surface area contributed by atoms with Crippen LogP contribution >= 0.6 is 0 Å². The number of hydrogen-bond acceptors (Lipinski definition) is 5. The summed E-state index contributed by atoms with van der Waals surface area (Å²) < 4.78 is 0. The van der Waals surface area contributed by atoms with Gasteiger partial charge in [0.15, 0.2) is 0 Å². The summed E-state index contributed by atoms with van der Waals surface area (Å²) in [6.45, 7) is 6.90. The van der Waals surface area contributed by atoms with Gasteiger partial charge in [0.2, 0.25) is 0 Å². The first-order valence-corrected chi connectivity index (χ1v) is 9.36. The smallest absolute Gasteiger partial charge is 0.317 e. The highest BCUT2D eigenvalue weighted by molar-refractivity contribution is 5.76. The van der Waals surface area contributed by atoms with E-state index in [1.807, 2.05) is 24.0 Å². The number of carbonyl (C=O) groups is 1. The van der Waals surface area contributed by atoms with Crippen LogP contribution in [0.4, 0.5) is 10.6 Å². The molecule has 142 valence electrons. The van der Waals surface area contributed by atoms with Crippen LogP contribution in [0.15, 0.2) is 23.1 Å². The number of aromatic amines is 1. The quantitative estimate of drug-likeness (QED) is 0.855. The van der Waals surface area contributed by atoms with E-state index in [1.54, 1.807) is 13.1 Å². The lowest BCUT2D eigenvalue weighted by Gasteiger charge is -2.36. The van der Waals surface area contributed by atoms with E-state index in [4.69, 9.17) is 0 Å². The molecular weight excluding hydrogens is 344 g/mol. The van der Waals surface area contributed by atoms with Crippen molar-refractivity contribution < 1.29 is 4.79 Å². The van der Waals surface area contributed by atoms with E-state index in [0.29, 0.717) is 17.4 Å². The van der Waals surface area contributed by atoms with Crippen molar-refractivity contribution in [3.63, 3.8) is 0 Å². The molecule has 0 unspecified atom stereocenters. The Labute approximate surface area is 157 Å². The van der Waals surface area contributed by atoms with Gasteiger partial charge in [-0.3, -0.25) is 4.79 Å². The Morgan fingerprint density at radius 1 is 1.11 bits per heavy atom. The Bertz CT molecular complexity index is 899. The number of carbonyl (C=O) groups excluding carboxylic acids is 1. The first-order chi connectivity index (χ1) is 13.0. The fourth-order valence-corrected chi connectivity index (χ4v) is 3.74. The largest absolute Gasteiger partial charge is 0.356 e. The Morgan fingerprint density at radius 3 is 2.48 bits per heavy atom. The topological polar surface area (TPSA) is 94.2 Å². The summed E-state index contributed by atoms with van der Waals surface area (Å²) in [4.78, 5) is 39.8. The van der Waals surface area contributed by atoms with Gasteiger partial charge in [0, 0.05) is 55.2 Å². The van der Waals surface area contributed by atoms with Gasteiger partial charge < -0.3 is 20.1 Å². The summed E-state index contributed by atoms with van der Waals surface area (Å²) in [5.41, 5.74) is 2.04. The third-order valence-electron chi connectivity index (χ3n) is 5.54. The second kappa shape index (κ2) is 7.02. The molecule has 0 aliphatic carbocycles. The Balaban J connectivity index is 1.44. The van der Waals surface area contributed by atoms with Crippen LogP contribution in [-0.4, -0.2) is 58.1 Å². The number of amides is 2.